The van der Waals surface area contributed by atoms with Crippen molar-refractivity contribution in [3.63, 3.8) is 0 Å². The summed E-state index contributed by atoms with van der Waals surface area (Å²) >= 11 is 3.68. The fourth-order valence-electron chi connectivity index (χ4n) is 4.19. The Morgan fingerprint density at radius 2 is 1.83 bits per heavy atom. The molecule has 0 spiro atoms. The van der Waals surface area contributed by atoms with Crippen molar-refractivity contribution >= 4 is 37.7 Å². The number of nitrogens with one attached hydrogen (secondary N) is 1. The molecule has 3 N–H and O–H groups in total. The van der Waals surface area contributed by atoms with Gasteiger partial charge >= 0.3 is 0 Å². The van der Waals surface area contributed by atoms with Crippen LogP contribution in [-0.2, 0) is 12.8 Å². The van der Waals surface area contributed by atoms with Gasteiger partial charge in [0.1, 0.15) is 0 Å². The molecule has 4 heteroatoms. The Bertz CT molecular complexity index is 1130. The fourth-order valence-corrected chi connectivity index (χ4v) is 4.64. The van der Waals surface area contributed by atoms with Gasteiger partial charge in [-0.25, -0.2) is 0 Å². The van der Waals surface area contributed by atoms with E-state index in [4.69, 9.17) is 10.7 Å². The van der Waals surface area contributed by atoms with Crippen LogP contribution in [0.5, 0.6) is 0 Å². The zero-order valence-electron chi connectivity index (χ0n) is 17.0. The zero-order valence-corrected chi connectivity index (χ0v) is 18.6. The maximum Gasteiger partial charge on any atom is 0.0806 e. The van der Waals surface area contributed by atoms with Gasteiger partial charge in [-0.2, -0.15) is 0 Å². The summed E-state index contributed by atoms with van der Waals surface area (Å²) in [5.41, 5.74) is 13.3. The lowest BCUT2D eigenvalue weighted by molar-refractivity contribution is 0.748. The Balaban J connectivity index is 1.93. The largest absolute Gasteiger partial charge is 0.354 e. The van der Waals surface area contributed by atoms with Crippen molar-refractivity contribution in [2.45, 2.75) is 45.4 Å². The molecule has 0 unspecified atom stereocenters. The molecule has 0 fully saturated rings. The van der Waals surface area contributed by atoms with Crippen LogP contribution in [0.15, 0.2) is 53.1 Å². The quantitative estimate of drug-likeness (QED) is 0.291. The standard InChI is InChI=1S/C25H28BrN3/c1-2-3-8-17-9-6-11-18-19(10-4-5-15-27)25(29-23(17)18)21-13-14-22(26)20-12-7-16-28-24(20)21/h6-7,9,11-14,16,29H,2-5,8,10,15,27H2,1H3. The minimum atomic E-state index is 0.738. The van der Waals surface area contributed by atoms with E-state index in [0.29, 0.717) is 0 Å². The molecule has 29 heavy (non-hydrogen) atoms. The topological polar surface area (TPSA) is 54.7 Å². The van der Waals surface area contributed by atoms with E-state index in [9.17, 15) is 0 Å². The van der Waals surface area contributed by atoms with Crippen molar-refractivity contribution in [2.24, 2.45) is 5.73 Å². The maximum absolute atomic E-state index is 5.78. The molecule has 4 rings (SSSR count). The molecule has 0 saturated carbocycles. The molecule has 0 bridgehead atoms. The van der Waals surface area contributed by atoms with Crippen LogP contribution in [0.1, 0.15) is 43.7 Å². The fraction of sp³-hybridized carbons (Fsp3) is 0.320. The van der Waals surface area contributed by atoms with Gasteiger partial charge in [-0.3, -0.25) is 4.98 Å². The summed E-state index contributed by atoms with van der Waals surface area (Å²) in [5.74, 6) is 0. The van der Waals surface area contributed by atoms with E-state index < -0.39 is 0 Å². The Morgan fingerprint density at radius 1 is 0.966 bits per heavy atom. The van der Waals surface area contributed by atoms with Gasteiger partial charge in [0.05, 0.1) is 11.2 Å². The number of hydrogen-bond donors (Lipinski definition) is 2. The summed E-state index contributed by atoms with van der Waals surface area (Å²) in [6.07, 6.45) is 8.55. The van der Waals surface area contributed by atoms with Crippen LogP contribution < -0.4 is 5.73 Å². The average Bonchev–Trinajstić information content (AvgIpc) is 3.12. The van der Waals surface area contributed by atoms with Gasteiger partial charge in [-0.05, 0) is 68.0 Å². The van der Waals surface area contributed by atoms with Gasteiger partial charge in [-0.15, -0.1) is 0 Å². The second kappa shape index (κ2) is 9.10. The maximum atomic E-state index is 5.78. The number of benzene rings is 2. The van der Waals surface area contributed by atoms with Crippen molar-refractivity contribution < 1.29 is 0 Å². The number of unbranched alkanes of at least 4 members (excludes halogenated alkanes) is 2. The number of nitrogens with two attached hydrogens (primary N) is 1. The number of halogens is 1. The first-order valence-corrected chi connectivity index (χ1v) is 11.4. The number of aryl methyl sites for hydroxylation is 2. The molecular formula is C25H28BrN3. The lowest BCUT2D eigenvalue weighted by Gasteiger charge is -2.09. The zero-order chi connectivity index (χ0) is 20.2. The van der Waals surface area contributed by atoms with E-state index in [0.717, 1.165) is 47.6 Å². The summed E-state index contributed by atoms with van der Waals surface area (Å²) in [7, 11) is 0. The monoisotopic (exact) mass is 449 g/mol. The molecule has 0 aliphatic carbocycles. The number of fused-ring (bicyclic) bond motifs is 2. The number of para-hydroxylation sites is 1. The van der Waals surface area contributed by atoms with Gasteiger partial charge in [0.25, 0.3) is 0 Å². The summed E-state index contributed by atoms with van der Waals surface area (Å²) in [6, 6.07) is 15.2. The number of H-pyrrole nitrogens is 1. The minimum absolute atomic E-state index is 0.738. The Morgan fingerprint density at radius 3 is 2.66 bits per heavy atom. The predicted molar refractivity (Wildman–Crippen MR) is 127 cm³/mol. The first-order valence-electron chi connectivity index (χ1n) is 10.6. The van der Waals surface area contributed by atoms with Crippen molar-refractivity contribution in [3.8, 4) is 11.3 Å². The number of rotatable bonds is 8. The highest BCUT2D eigenvalue weighted by Crippen LogP contribution is 2.38. The van der Waals surface area contributed by atoms with E-state index in [-0.39, 0.29) is 0 Å². The number of aromatic nitrogens is 2. The first kappa shape index (κ1) is 20.1. The normalized spacial score (nSPS) is 11.6. The Labute approximate surface area is 180 Å². The molecular weight excluding hydrogens is 422 g/mol. The molecule has 2 aromatic heterocycles. The van der Waals surface area contributed by atoms with E-state index in [2.05, 4.69) is 64.2 Å². The van der Waals surface area contributed by atoms with Crippen molar-refractivity contribution in [3.05, 3.63) is 64.3 Å². The lowest BCUT2D eigenvalue weighted by Crippen LogP contribution is -1.99. The first-order chi connectivity index (χ1) is 14.2. The third-order valence-corrected chi connectivity index (χ3v) is 6.39. The summed E-state index contributed by atoms with van der Waals surface area (Å²) < 4.78 is 1.08. The Kier molecular flexibility index (Phi) is 6.31. The summed E-state index contributed by atoms with van der Waals surface area (Å²) in [4.78, 5) is 8.54. The summed E-state index contributed by atoms with van der Waals surface area (Å²) in [5, 5.41) is 2.49. The van der Waals surface area contributed by atoms with Crippen molar-refractivity contribution in [2.75, 3.05) is 6.54 Å². The van der Waals surface area contributed by atoms with Crippen LogP contribution in [0.4, 0.5) is 0 Å². The predicted octanol–water partition coefficient (Wildman–Crippen LogP) is 6.77. The highest BCUT2D eigenvalue weighted by molar-refractivity contribution is 9.10. The molecule has 0 radical (unpaired) electrons. The molecule has 3 nitrogen and oxygen atoms in total. The van der Waals surface area contributed by atoms with Gasteiger partial charge in [0.15, 0.2) is 0 Å². The highest BCUT2D eigenvalue weighted by atomic mass is 79.9. The molecule has 0 aliphatic rings. The molecule has 2 aromatic carbocycles. The van der Waals surface area contributed by atoms with Gasteiger partial charge in [0.2, 0.25) is 0 Å². The van der Waals surface area contributed by atoms with Crippen LogP contribution in [0.25, 0.3) is 33.1 Å². The van der Waals surface area contributed by atoms with Crippen molar-refractivity contribution in [1.82, 2.24) is 9.97 Å². The number of nitrogens with zero attached hydrogens (tertiary/aromatic N) is 1. The van der Waals surface area contributed by atoms with Crippen LogP contribution >= 0.6 is 15.9 Å². The molecule has 0 amide bonds. The lowest BCUT2D eigenvalue weighted by atomic mass is 9.97. The molecule has 4 aromatic rings. The second-order valence-corrected chi connectivity index (χ2v) is 8.52. The molecule has 150 valence electrons. The highest BCUT2D eigenvalue weighted by Gasteiger charge is 2.18. The smallest absolute Gasteiger partial charge is 0.0806 e. The second-order valence-electron chi connectivity index (χ2n) is 7.66. The van der Waals surface area contributed by atoms with E-state index in [1.165, 1.54) is 46.1 Å². The number of aromatic amines is 1. The van der Waals surface area contributed by atoms with Gasteiger partial charge < -0.3 is 10.7 Å². The van der Waals surface area contributed by atoms with E-state index in [1.807, 2.05) is 12.3 Å². The van der Waals surface area contributed by atoms with Crippen molar-refractivity contribution in [1.29, 1.82) is 0 Å². The van der Waals surface area contributed by atoms with Crippen LogP contribution in [0, 0.1) is 0 Å². The minimum Gasteiger partial charge on any atom is -0.354 e. The van der Waals surface area contributed by atoms with Crippen LogP contribution in [0.2, 0.25) is 0 Å². The van der Waals surface area contributed by atoms with E-state index >= 15 is 0 Å². The average molecular weight is 450 g/mol. The third-order valence-electron chi connectivity index (χ3n) is 5.69. The van der Waals surface area contributed by atoms with Crippen LogP contribution in [0.3, 0.4) is 0 Å². The molecule has 2 heterocycles. The molecule has 0 saturated heterocycles. The SMILES string of the molecule is CCCCc1cccc2c(CCCCN)c(-c3ccc(Br)c4cccnc34)[nH]c12. The summed E-state index contributed by atoms with van der Waals surface area (Å²) in [6.45, 7) is 2.99. The van der Waals surface area contributed by atoms with Gasteiger partial charge in [0, 0.05) is 32.5 Å². The molecule has 0 atom stereocenters. The Hall–Kier alpha value is -2.17. The van der Waals surface area contributed by atoms with E-state index in [1.54, 1.807) is 0 Å². The number of pyridine rings is 1. The van der Waals surface area contributed by atoms with Crippen LogP contribution in [-0.4, -0.2) is 16.5 Å². The number of hydrogen-bond acceptors (Lipinski definition) is 2. The van der Waals surface area contributed by atoms with Gasteiger partial charge in [-0.1, -0.05) is 53.5 Å². The molecule has 0 aliphatic heterocycles. The third kappa shape index (κ3) is 3.96.